The Morgan fingerprint density at radius 1 is 1.16 bits per heavy atom. The van der Waals surface area contributed by atoms with E-state index < -0.39 is 0 Å². The highest BCUT2D eigenvalue weighted by atomic mass is 16.5. The number of carbonyl (C=O) groups is 2. The number of ether oxygens (including phenoxy) is 2. The molecule has 1 heterocycles. The molecule has 0 aromatic heterocycles. The topological polar surface area (TPSA) is 64.6 Å². The minimum absolute atomic E-state index is 0.0481. The molecule has 0 aromatic rings. The van der Waals surface area contributed by atoms with Gasteiger partial charge in [0.1, 0.15) is 11.7 Å². The van der Waals surface area contributed by atoms with E-state index >= 15 is 0 Å². The number of hydrogen-bond acceptors (Lipinski definition) is 4. The Hall–Kier alpha value is -1.78. The van der Waals surface area contributed by atoms with Gasteiger partial charge in [-0.15, -0.1) is 0 Å². The molecular weight excluding hydrogens is 462 g/mol. The molecule has 0 spiro atoms. The highest BCUT2D eigenvalue weighted by Gasteiger charge is 2.67. The average molecular weight is 512 g/mol. The predicted octanol–water partition coefficient (Wildman–Crippen LogP) is 6.72. The van der Waals surface area contributed by atoms with Gasteiger partial charge in [-0.3, -0.25) is 9.59 Å². The fraction of sp³-hybridized carbons (Fsp3) is 0.812. The maximum Gasteiger partial charge on any atom is 0.302 e. The molecule has 0 aromatic carbocycles. The van der Waals surface area contributed by atoms with Crippen LogP contribution in [0.3, 0.4) is 0 Å². The van der Waals surface area contributed by atoms with Gasteiger partial charge < -0.3 is 14.8 Å². The Morgan fingerprint density at radius 2 is 1.92 bits per heavy atom. The van der Waals surface area contributed by atoms with Crippen molar-refractivity contribution in [2.24, 2.45) is 40.4 Å². The predicted molar refractivity (Wildman–Crippen MR) is 145 cm³/mol. The summed E-state index contributed by atoms with van der Waals surface area (Å²) in [5, 5.41) is 2.96. The van der Waals surface area contributed by atoms with Crippen molar-refractivity contribution >= 4 is 11.9 Å². The van der Waals surface area contributed by atoms with Crippen molar-refractivity contribution in [2.45, 2.75) is 118 Å². The number of nitrogens with one attached hydrogen (secondary N) is 1. The van der Waals surface area contributed by atoms with E-state index in [9.17, 15) is 9.59 Å². The lowest BCUT2D eigenvalue weighted by Gasteiger charge is -2.58. The summed E-state index contributed by atoms with van der Waals surface area (Å²) in [6.07, 6.45) is 12.6. The second kappa shape index (κ2) is 9.45. The van der Waals surface area contributed by atoms with Crippen LogP contribution in [0.15, 0.2) is 23.0 Å². The fourth-order valence-corrected chi connectivity index (χ4v) is 9.93. The number of allylic oxidation sites excluding steroid dienone is 2. The van der Waals surface area contributed by atoms with Crippen molar-refractivity contribution in [2.75, 3.05) is 6.54 Å². The minimum atomic E-state index is -0.146. The summed E-state index contributed by atoms with van der Waals surface area (Å²) < 4.78 is 12.5. The van der Waals surface area contributed by atoms with Gasteiger partial charge in [-0.25, -0.2) is 0 Å². The number of fused-ring (bicyclic) bond motifs is 7. The van der Waals surface area contributed by atoms with Gasteiger partial charge in [0.15, 0.2) is 0 Å². The van der Waals surface area contributed by atoms with E-state index in [1.165, 1.54) is 37.5 Å². The fourth-order valence-electron chi connectivity index (χ4n) is 9.93. The first-order valence-electron chi connectivity index (χ1n) is 14.9. The third-order valence-electron chi connectivity index (χ3n) is 11.5. The largest absolute Gasteiger partial charge is 0.491 e. The van der Waals surface area contributed by atoms with Crippen LogP contribution in [-0.2, 0) is 19.1 Å². The van der Waals surface area contributed by atoms with Crippen molar-refractivity contribution in [3.05, 3.63) is 23.0 Å². The molecular formula is C32H49NO4. The molecule has 0 radical (unpaired) electrons. The van der Waals surface area contributed by atoms with Crippen LogP contribution >= 0.6 is 0 Å². The second-order valence-corrected chi connectivity index (χ2v) is 14.0. The minimum Gasteiger partial charge on any atom is -0.491 e. The smallest absolute Gasteiger partial charge is 0.302 e. The molecule has 3 saturated carbocycles. The molecule has 1 aliphatic heterocycles. The van der Waals surface area contributed by atoms with E-state index in [4.69, 9.17) is 9.47 Å². The molecule has 0 saturated heterocycles. The second-order valence-electron chi connectivity index (χ2n) is 14.0. The van der Waals surface area contributed by atoms with E-state index in [-0.39, 0.29) is 29.0 Å². The Morgan fingerprint density at radius 3 is 2.62 bits per heavy atom. The number of amides is 1. The molecule has 0 unspecified atom stereocenters. The summed E-state index contributed by atoms with van der Waals surface area (Å²) in [6, 6.07) is 0. The van der Waals surface area contributed by atoms with Gasteiger partial charge in [0.25, 0.3) is 0 Å². The number of rotatable bonds is 6. The van der Waals surface area contributed by atoms with E-state index in [0.29, 0.717) is 23.2 Å². The first-order chi connectivity index (χ1) is 17.4. The van der Waals surface area contributed by atoms with Crippen LogP contribution in [0.5, 0.6) is 0 Å². The van der Waals surface area contributed by atoms with Gasteiger partial charge in [0.05, 0.1) is 5.76 Å². The molecule has 5 aliphatic rings. The monoisotopic (exact) mass is 511 g/mol. The normalized spacial score (nSPS) is 43.0. The van der Waals surface area contributed by atoms with Crippen molar-refractivity contribution in [1.82, 2.24) is 5.32 Å². The molecule has 9 atom stereocenters. The van der Waals surface area contributed by atoms with E-state index in [2.05, 4.69) is 46.0 Å². The van der Waals surface area contributed by atoms with Crippen LogP contribution in [0.2, 0.25) is 0 Å². The molecule has 1 amide bonds. The highest BCUT2D eigenvalue weighted by molar-refractivity contribution is 5.72. The Bertz CT molecular complexity index is 1010. The molecule has 4 aliphatic carbocycles. The van der Waals surface area contributed by atoms with Crippen LogP contribution in [0.1, 0.15) is 106 Å². The van der Waals surface area contributed by atoms with Crippen LogP contribution < -0.4 is 5.32 Å². The van der Waals surface area contributed by atoms with Gasteiger partial charge in [0, 0.05) is 39.2 Å². The molecule has 0 bridgehead atoms. The summed E-state index contributed by atoms with van der Waals surface area (Å²) in [5.41, 5.74) is 3.51. The summed E-state index contributed by atoms with van der Waals surface area (Å²) >= 11 is 0. The Balaban J connectivity index is 1.32. The van der Waals surface area contributed by atoms with E-state index in [1.807, 2.05) is 0 Å². The zero-order valence-electron chi connectivity index (χ0n) is 24.2. The quantitative estimate of drug-likeness (QED) is 0.317. The molecule has 5 rings (SSSR count). The zero-order chi connectivity index (χ0) is 26.8. The van der Waals surface area contributed by atoms with Gasteiger partial charge in [-0.1, -0.05) is 32.4 Å². The van der Waals surface area contributed by atoms with Crippen molar-refractivity contribution in [3.8, 4) is 0 Å². The first-order valence-corrected chi connectivity index (χ1v) is 14.9. The Kier molecular flexibility index (Phi) is 6.85. The number of hydrogen-bond donors (Lipinski definition) is 1. The maximum atomic E-state index is 11.6. The molecule has 5 heteroatoms. The van der Waals surface area contributed by atoms with Gasteiger partial charge in [-0.2, -0.15) is 0 Å². The van der Waals surface area contributed by atoms with Crippen molar-refractivity contribution < 1.29 is 19.1 Å². The lowest BCUT2D eigenvalue weighted by atomic mass is 9.47. The highest BCUT2D eigenvalue weighted by Crippen LogP contribution is 2.71. The molecule has 3 fully saturated rings. The SMILES string of the molecule is CC(=O)NC[C@@H](C)CCC1=C(C)[C@@H]2[C@@]3(C)CC[C@H]4[C@@H](CC=C5C[C@@H](OC(C)=O)CC[C@@]54C)[C@@H]3C[C@@]2(C)O1. The average Bonchev–Trinajstić information content (AvgIpc) is 3.22. The van der Waals surface area contributed by atoms with E-state index in [1.54, 1.807) is 12.5 Å². The molecule has 1 N–H and O–H groups in total. The Labute approximate surface area is 224 Å². The maximum absolute atomic E-state index is 11.6. The first kappa shape index (κ1) is 26.8. The standard InChI is InChI=1S/C32H49NO4/c1-19(18-33-21(3)34)8-11-28-20(2)29-31(6)15-13-26-25(27(31)17-32(29,7)37-28)10-9-23-16-24(36-22(4)35)12-14-30(23,26)5/h9,19,24-27,29H,8,10-18H2,1-7H3,(H,33,34)/t19-,24-,25+,26-,27-,29+,30-,31-,32+/m0/s1. The summed E-state index contributed by atoms with van der Waals surface area (Å²) in [6.45, 7) is 15.9. The van der Waals surface area contributed by atoms with Crippen LogP contribution in [0, 0.1) is 40.4 Å². The zero-order valence-corrected chi connectivity index (χ0v) is 24.2. The van der Waals surface area contributed by atoms with Crippen LogP contribution in [0.25, 0.3) is 0 Å². The van der Waals surface area contributed by atoms with Crippen molar-refractivity contribution in [3.63, 3.8) is 0 Å². The number of carbonyl (C=O) groups excluding carboxylic acids is 2. The molecule has 206 valence electrons. The van der Waals surface area contributed by atoms with E-state index in [0.717, 1.165) is 56.9 Å². The van der Waals surface area contributed by atoms with Gasteiger partial charge in [0.2, 0.25) is 5.91 Å². The summed E-state index contributed by atoms with van der Waals surface area (Å²) in [5.74, 6) is 4.22. The van der Waals surface area contributed by atoms with Gasteiger partial charge >= 0.3 is 5.97 Å². The van der Waals surface area contributed by atoms with Crippen molar-refractivity contribution in [1.29, 1.82) is 0 Å². The molecule has 37 heavy (non-hydrogen) atoms. The third kappa shape index (κ3) is 4.46. The number of esters is 1. The van der Waals surface area contributed by atoms with Crippen LogP contribution in [0.4, 0.5) is 0 Å². The van der Waals surface area contributed by atoms with Gasteiger partial charge in [-0.05, 0) is 98.9 Å². The third-order valence-corrected chi connectivity index (χ3v) is 11.5. The lowest BCUT2D eigenvalue weighted by Crippen LogP contribution is -2.50. The summed E-state index contributed by atoms with van der Waals surface area (Å²) in [4.78, 5) is 22.9. The lowest BCUT2D eigenvalue weighted by molar-refractivity contribution is -0.148. The molecule has 5 nitrogen and oxygen atoms in total. The summed E-state index contributed by atoms with van der Waals surface area (Å²) in [7, 11) is 0. The van der Waals surface area contributed by atoms with Crippen LogP contribution in [-0.4, -0.2) is 30.1 Å².